The van der Waals surface area contributed by atoms with E-state index in [2.05, 4.69) is 30.5 Å². The van der Waals surface area contributed by atoms with Gasteiger partial charge in [-0.2, -0.15) is 0 Å². The molecule has 0 unspecified atom stereocenters. The highest BCUT2D eigenvalue weighted by molar-refractivity contribution is 5.87. The average molecular weight is 262 g/mol. The maximum Gasteiger partial charge on any atom is 0.242 e. The van der Waals surface area contributed by atoms with Gasteiger partial charge in [-0.1, -0.05) is 32.0 Å². The van der Waals surface area contributed by atoms with Gasteiger partial charge in [-0.05, 0) is 17.5 Å². The number of para-hydroxylation sites is 1. The molecule has 104 valence electrons. The fourth-order valence-electron chi connectivity index (χ4n) is 2.14. The molecule has 1 heterocycles. The van der Waals surface area contributed by atoms with Crippen LogP contribution in [-0.4, -0.2) is 31.7 Å². The Labute approximate surface area is 114 Å². The van der Waals surface area contributed by atoms with Gasteiger partial charge in [-0.25, -0.2) is 0 Å². The Morgan fingerprint density at radius 2 is 2.26 bits per heavy atom. The summed E-state index contributed by atoms with van der Waals surface area (Å²) in [5, 5.41) is 6.15. The number of rotatable bonds is 6. The minimum absolute atomic E-state index is 0.0457. The van der Waals surface area contributed by atoms with Crippen LogP contribution in [0.1, 0.15) is 19.4 Å². The van der Waals surface area contributed by atoms with Crippen LogP contribution in [0.5, 0.6) is 0 Å². The van der Waals surface area contributed by atoms with Crippen LogP contribution < -0.4 is 10.6 Å². The van der Waals surface area contributed by atoms with E-state index in [0.717, 1.165) is 18.7 Å². The second kappa shape index (κ2) is 6.57. The maximum atomic E-state index is 12.0. The van der Waals surface area contributed by atoms with E-state index in [9.17, 15) is 4.79 Å². The van der Waals surface area contributed by atoms with Crippen molar-refractivity contribution in [1.29, 1.82) is 0 Å². The van der Waals surface area contributed by atoms with Crippen LogP contribution >= 0.6 is 0 Å². The first-order valence-electron chi connectivity index (χ1n) is 6.86. The van der Waals surface area contributed by atoms with Crippen LogP contribution in [0.15, 0.2) is 24.3 Å². The van der Waals surface area contributed by atoms with Crippen molar-refractivity contribution in [1.82, 2.24) is 5.32 Å². The molecule has 2 N–H and O–H groups in total. The zero-order valence-corrected chi connectivity index (χ0v) is 11.6. The lowest BCUT2D eigenvalue weighted by molar-refractivity contribution is -0.121. The molecule has 1 atom stereocenters. The zero-order valence-electron chi connectivity index (χ0n) is 11.6. The first kappa shape index (κ1) is 13.9. The number of carbonyl (C=O) groups excluding carboxylic acids is 1. The van der Waals surface area contributed by atoms with Gasteiger partial charge in [0.15, 0.2) is 0 Å². The molecular formula is C15H22N2O2. The summed E-state index contributed by atoms with van der Waals surface area (Å²) in [6.45, 7) is 6.10. The van der Waals surface area contributed by atoms with Gasteiger partial charge in [-0.3, -0.25) is 4.79 Å². The third kappa shape index (κ3) is 3.96. The van der Waals surface area contributed by atoms with Gasteiger partial charge in [0.1, 0.15) is 6.04 Å². The Morgan fingerprint density at radius 3 is 3.00 bits per heavy atom. The monoisotopic (exact) mass is 262 g/mol. The molecular weight excluding hydrogens is 240 g/mol. The molecule has 1 aliphatic heterocycles. The number of amides is 1. The van der Waals surface area contributed by atoms with Gasteiger partial charge < -0.3 is 15.4 Å². The van der Waals surface area contributed by atoms with E-state index >= 15 is 0 Å². The second-order valence-corrected chi connectivity index (χ2v) is 5.32. The third-order valence-corrected chi connectivity index (χ3v) is 3.08. The van der Waals surface area contributed by atoms with Crippen molar-refractivity contribution < 1.29 is 9.53 Å². The standard InChI is InChI=1S/C15H22N2O2/c1-11(2)10-19-8-7-16-15(18)14-9-12-5-3-4-6-13(12)17-14/h3-6,11,14,17H,7-10H2,1-2H3,(H,16,18)/t14-/m0/s1. The molecule has 2 rings (SSSR count). The molecule has 1 amide bonds. The highest BCUT2D eigenvalue weighted by atomic mass is 16.5. The summed E-state index contributed by atoms with van der Waals surface area (Å²) in [4.78, 5) is 12.0. The Morgan fingerprint density at radius 1 is 1.47 bits per heavy atom. The molecule has 0 bridgehead atoms. The highest BCUT2D eigenvalue weighted by Gasteiger charge is 2.25. The molecule has 4 nitrogen and oxygen atoms in total. The molecule has 19 heavy (non-hydrogen) atoms. The quantitative estimate of drug-likeness (QED) is 0.769. The molecule has 0 fully saturated rings. The SMILES string of the molecule is CC(C)COCCNC(=O)[C@@H]1Cc2ccccc2N1. The Hall–Kier alpha value is -1.55. The van der Waals surface area contributed by atoms with E-state index < -0.39 is 0 Å². The molecule has 1 aliphatic rings. The summed E-state index contributed by atoms with van der Waals surface area (Å²) in [7, 11) is 0. The van der Waals surface area contributed by atoms with E-state index in [4.69, 9.17) is 4.74 Å². The number of hydrogen-bond donors (Lipinski definition) is 2. The topological polar surface area (TPSA) is 50.4 Å². The van der Waals surface area contributed by atoms with Crippen molar-refractivity contribution in [2.45, 2.75) is 26.3 Å². The van der Waals surface area contributed by atoms with Gasteiger partial charge in [0.2, 0.25) is 5.91 Å². The predicted octanol–water partition coefficient (Wildman–Crippen LogP) is 1.81. The minimum atomic E-state index is -0.150. The number of carbonyl (C=O) groups is 1. The maximum absolute atomic E-state index is 12.0. The highest BCUT2D eigenvalue weighted by Crippen LogP contribution is 2.24. The van der Waals surface area contributed by atoms with Crippen LogP contribution in [0.2, 0.25) is 0 Å². The minimum Gasteiger partial charge on any atom is -0.379 e. The molecule has 0 saturated carbocycles. The van der Waals surface area contributed by atoms with Crippen molar-refractivity contribution >= 4 is 11.6 Å². The first-order chi connectivity index (χ1) is 9.16. The van der Waals surface area contributed by atoms with Gasteiger partial charge in [0.25, 0.3) is 0 Å². The fraction of sp³-hybridized carbons (Fsp3) is 0.533. The summed E-state index contributed by atoms with van der Waals surface area (Å²) < 4.78 is 5.43. The molecule has 0 radical (unpaired) electrons. The van der Waals surface area contributed by atoms with Crippen LogP contribution in [0.3, 0.4) is 0 Å². The number of benzene rings is 1. The molecule has 1 aromatic carbocycles. The lowest BCUT2D eigenvalue weighted by Crippen LogP contribution is -2.39. The predicted molar refractivity (Wildman–Crippen MR) is 76.2 cm³/mol. The second-order valence-electron chi connectivity index (χ2n) is 5.32. The lowest BCUT2D eigenvalue weighted by atomic mass is 10.1. The molecule has 0 spiro atoms. The molecule has 0 aliphatic carbocycles. The van der Waals surface area contributed by atoms with Gasteiger partial charge in [-0.15, -0.1) is 0 Å². The largest absolute Gasteiger partial charge is 0.379 e. The number of ether oxygens (including phenoxy) is 1. The van der Waals surface area contributed by atoms with Crippen molar-refractivity contribution in [3.05, 3.63) is 29.8 Å². The normalized spacial score (nSPS) is 17.1. The molecule has 4 heteroatoms. The number of hydrogen-bond acceptors (Lipinski definition) is 3. The summed E-state index contributed by atoms with van der Waals surface area (Å²) in [5.41, 5.74) is 2.28. The van der Waals surface area contributed by atoms with E-state index in [0.29, 0.717) is 19.1 Å². The van der Waals surface area contributed by atoms with Crippen molar-refractivity contribution in [2.75, 3.05) is 25.1 Å². The summed E-state index contributed by atoms with van der Waals surface area (Å²) in [6, 6.07) is 7.89. The van der Waals surface area contributed by atoms with Gasteiger partial charge >= 0.3 is 0 Å². The third-order valence-electron chi connectivity index (χ3n) is 3.08. The Kier molecular flexibility index (Phi) is 4.80. The van der Waals surface area contributed by atoms with E-state index in [1.807, 2.05) is 18.2 Å². The summed E-state index contributed by atoms with van der Waals surface area (Å²) in [6.07, 6.45) is 0.759. The molecule has 0 saturated heterocycles. The van der Waals surface area contributed by atoms with Crippen molar-refractivity contribution in [3.8, 4) is 0 Å². The fourth-order valence-corrected chi connectivity index (χ4v) is 2.14. The lowest BCUT2D eigenvalue weighted by Gasteiger charge is -2.12. The smallest absolute Gasteiger partial charge is 0.242 e. The van der Waals surface area contributed by atoms with Crippen molar-refractivity contribution in [3.63, 3.8) is 0 Å². The number of anilines is 1. The average Bonchev–Trinajstić information content (AvgIpc) is 2.81. The van der Waals surface area contributed by atoms with E-state index in [1.54, 1.807) is 0 Å². The molecule has 0 aromatic heterocycles. The van der Waals surface area contributed by atoms with Crippen LogP contribution in [0.4, 0.5) is 5.69 Å². The summed E-state index contributed by atoms with van der Waals surface area (Å²) >= 11 is 0. The van der Waals surface area contributed by atoms with Crippen LogP contribution in [0, 0.1) is 5.92 Å². The van der Waals surface area contributed by atoms with E-state index in [1.165, 1.54) is 5.56 Å². The zero-order chi connectivity index (χ0) is 13.7. The Bertz CT molecular complexity index is 407. The molecule has 1 aromatic rings. The van der Waals surface area contributed by atoms with Crippen LogP contribution in [-0.2, 0) is 16.0 Å². The van der Waals surface area contributed by atoms with E-state index in [-0.39, 0.29) is 11.9 Å². The van der Waals surface area contributed by atoms with Gasteiger partial charge in [0.05, 0.1) is 6.61 Å². The first-order valence-corrected chi connectivity index (χ1v) is 6.86. The number of fused-ring (bicyclic) bond motifs is 1. The van der Waals surface area contributed by atoms with Gasteiger partial charge in [0, 0.05) is 25.3 Å². The summed E-state index contributed by atoms with van der Waals surface area (Å²) in [5.74, 6) is 0.575. The van der Waals surface area contributed by atoms with Crippen LogP contribution in [0.25, 0.3) is 0 Å². The van der Waals surface area contributed by atoms with Crippen molar-refractivity contribution in [2.24, 2.45) is 5.92 Å². The number of nitrogens with one attached hydrogen (secondary N) is 2. The Balaban J connectivity index is 1.68.